The van der Waals surface area contributed by atoms with Gasteiger partial charge in [-0.1, -0.05) is 30.8 Å². The van der Waals surface area contributed by atoms with Crippen molar-refractivity contribution in [2.75, 3.05) is 26.4 Å². The lowest BCUT2D eigenvalue weighted by Crippen LogP contribution is -2.15. The molecule has 29 heavy (non-hydrogen) atoms. The molecule has 0 aliphatic carbocycles. The van der Waals surface area contributed by atoms with Crippen LogP contribution in [-0.4, -0.2) is 58.3 Å². The van der Waals surface area contributed by atoms with Crippen molar-refractivity contribution in [3.63, 3.8) is 0 Å². The molecule has 0 amide bonds. The van der Waals surface area contributed by atoms with Gasteiger partial charge in [-0.25, -0.2) is 4.79 Å². The third kappa shape index (κ3) is 5.98. The summed E-state index contributed by atoms with van der Waals surface area (Å²) in [6.07, 6.45) is 0.993. The van der Waals surface area contributed by atoms with Crippen molar-refractivity contribution in [1.82, 2.24) is 0 Å². The van der Waals surface area contributed by atoms with E-state index in [1.54, 1.807) is 6.07 Å². The molecule has 0 saturated carbocycles. The summed E-state index contributed by atoms with van der Waals surface area (Å²) in [6, 6.07) is 7.00. The fourth-order valence-corrected chi connectivity index (χ4v) is 4.60. The number of carbonyl (C=O) groups is 1. The van der Waals surface area contributed by atoms with Crippen molar-refractivity contribution in [3.05, 3.63) is 43.0 Å². The number of rotatable bonds is 10. The predicted molar refractivity (Wildman–Crippen MR) is 101 cm³/mol. The Balaban J connectivity index is 2.27. The van der Waals surface area contributed by atoms with E-state index in [2.05, 4.69) is 6.58 Å². The Morgan fingerprint density at radius 1 is 0.966 bits per heavy atom. The van der Waals surface area contributed by atoms with Gasteiger partial charge in [0.05, 0.1) is 13.2 Å². The van der Waals surface area contributed by atoms with Crippen LogP contribution in [0.5, 0.6) is 5.75 Å². The Morgan fingerprint density at radius 2 is 1.59 bits per heavy atom. The molecule has 0 unspecified atom stereocenters. The largest absolute Gasteiger partial charge is 0.490 e. The first-order valence-corrected chi connectivity index (χ1v) is 10.9. The summed E-state index contributed by atoms with van der Waals surface area (Å²) in [7, 11) is -10.1. The standard InChI is InChI=1S/C17H18O10S2/c1-2-15(18)27-10-8-25-7-9-26-14-11-12-5-3-4-6-13(12)16(28(19,20)21)17(14)29(22,23)24/h2-6,11H,1,7-10H2,(H,19,20,21)(H,22,23,24). The number of ether oxygens (including phenoxy) is 3. The summed E-state index contributed by atoms with van der Waals surface area (Å²) in [5, 5.41) is 0.162. The molecule has 0 saturated heterocycles. The number of benzene rings is 2. The second-order valence-electron chi connectivity index (χ2n) is 5.54. The fourth-order valence-electron chi connectivity index (χ4n) is 2.45. The quantitative estimate of drug-likeness (QED) is 0.237. The Bertz CT molecular complexity index is 1120. The number of hydrogen-bond acceptors (Lipinski definition) is 8. The summed E-state index contributed by atoms with van der Waals surface area (Å²) in [4.78, 5) is 8.81. The van der Waals surface area contributed by atoms with Gasteiger partial charge < -0.3 is 14.2 Å². The maximum absolute atomic E-state index is 11.8. The van der Waals surface area contributed by atoms with Gasteiger partial charge in [-0.3, -0.25) is 9.11 Å². The molecule has 2 rings (SSSR count). The minimum Gasteiger partial charge on any atom is -0.490 e. The van der Waals surface area contributed by atoms with Gasteiger partial charge in [0.15, 0.2) is 4.90 Å². The zero-order chi connectivity index (χ0) is 21.7. The van der Waals surface area contributed by atoms with Crippen molar-refractivity contribution in [1.29, 1.82) is 0 Å². The monoisotopic (exact) mass is 446 g/mol. The lowest BCUT2D eigenvalue weighted by Gasteiger charge is -2.15. The molecule has 2 aromatic rings. The summed E-state index contributed by atoms with van der Waals surface area (Å²) in [5.74, 6) is -1.09. The molecule has 0 aromatic heterocycles. The van der Waals surface area contributed by atoms with Gasteiger partial charge in [-0.2, -0.15) is 16.8 Å². The second kappa shape index (κ2) is 9.33. The maximum Gasteiger partial charge on any atom is 0.330 e. The number of hydrogen-bond donors (Lipinski definition) is 2. The van der Waals surface area contributed by atoms with E-state index in [4.69, 9.17) is 14.2 Å². The topological polar surface area (TPSA) is 154 Å². The average molecular weight is 446 g/mol. The molecule has 0 fully saturated rings. The molecule has 0 radical (unpaired) electrons. The first-order chi connectivity index (χ1) is 13.6. The fraction of sp³-hybridized carbons (Fsp3) is 0.235. The van der Waals surface area contributed by atoms with Crippen LogP contribution in [0.4, 0.5) is 0 Å². The maximum atomic E-state index is 11.8. The van der Waals surface area contributed by atoms with Gasteiger partial charge in [0.25, 0.3) is 20.2 Å². The minimum atomic E-state index is -5.07. The molecule has 0 bridgehead atoms. The summed E-state index contributed by atoms with van der Waals surface area (Å²) < 4.78 is 81.6. The third-order valence-electron chi connectivity index (χ3n) is 3.56. The highest BCUT2D eigenvalue weighted by atomic mass is 32.2. The number of carbonyl (C=O) groups excluding carboxylic acids is 1. The van der Waals surface area contributed by atoms with Crippen LogP contribution >= 0.6 is 0 Å². The molecule has 158 valence electrons. The van der Waals surface area contributed by atoms with Crippen molar-refractivity contribution in [2.45, 2.75) is 9.79 Å². The Hall–Kier alpha value is -2.51. The SMILES string of the molecule is C=CC(=O)OCCOCCOc1cc2ccccc2c(S(=O)(=O)O)c1S(=O)(=O)O. The zero-order valence-electron chi connectivity index (χ0n) is 15.0. The van der Waals surface area contributed by atoms with Gasteiger partial charge in [0.1, 0.15) is 23.9 Å². The van der Waals surface area contributed by atoms with Crippen LogP contribution in [0.15, 0.2) is 52.8 Å². The van der Waals surface area contributed by atoms with Crippen molar-refractivity contribution in [3.8, 4) is 5.75 Å². The molecule has 0 atom stereocenters. The first-order valence-electron chi connectivity index (χ1n) is 8.06. The molecule has 10 nitrogen and oxygen atoms in total. The van der Waals surface area contributed by atoms with E-state index in [-0.39, 0.29) is 37.2 Å². The smallest absolute Gasteiger partial charge is 0.330 e. The van der Waals surface area contributed by atoms with Crippen molar-refractivity contribution in [2.24, 2.45) is 0 Å². The summed E-state index contributed by atoms with van der Waals surface area (Å²) in [6.45, 7) is 2.94. The van der Waals surface area contributed by atoms with Gasteiger partial charge >= 0.3 is 5.97 Å². The van der Waals surface area contributed by atoms with Crippen molar-refractivity contribution < 1.29 is 44.9 Å². The molecule has 0 heterocycles. The molecule has 0 aliphatic heterocycles. The van der Waals surface area contributed by atoms with Crippen LogP contribution in [0.1, 0.15) is 0 Å². The molecule has 2 aromatic carbocycles. The minimum absolute atomic E-state index is 0.0298. The Kier molecular flexibility index (Phi) is 7.32. The van der Waals surface area contributed by atoms with E-state index in [0.29, 0.717) is 0 Å². The van der Waals surface area contributed by atoms with Crippen molar-refractivity contribution >= 4 is 37.0 Å². The van der Waals surface area contributed by atoms with E-state index in [0.717, 1.165) is 6.08 Å². The Morgan fingerprint density at radius 3 is 2.21 bits per heavy atom. The van der Waals surface area contributed by atoms with Gasteiger partial charge in [-0.05, 0) is 11.5 Å². The van der Waals surface area contributed by atoms with Gasteiger partial charge in [-0.15, -0.1) is 0 Å². The highest BCUT2D eigenvalue weighted by molar-refractivity contribution is 7.89. The van der Waals surface area contributed by atoms with Crippen LogP contribution in [0.3, 0.4) is 0 Å². The zero-order valence-corrected chi connectivity index (χ0v) is 16.6. The molecular weight excluding hydrogens is 428 g/mol. The molecule has 2 N–H and O–H groups in total. The molecule has 0 spiro atoms. The average Bonchev–Trinajstić information content (AvgIpc) is 2.64. The summed E-state index contributed by atoms with van der Waals surface area (Å²) in [5.41, 5.74) is 0. The lowest BCUT2D eigenvalue weighted by atomic mass is 10.1. The van der Waals surface area contributed by atoms with E-state index in [1.807, 2.05) is 0 Å². The van der Waals surface area contributed by atoms with E-state index >= 15 is 0 Å². The van der Waals surface area contributed by atoms with Crippen LogP contribution in [0.25, 0.3) is 10.8 Å². The van der Waals surface area contributed by atoms with Crippen LogP contribution in [-0.2, 0) is 34.5 Å². The van der Waals surface area contributed by atoms with E-state index < -0.39 is 41.7 Å². The second-order valence-corrected chi connectivity index (χ2v) is 8.25. The normalized spacial score (nSPS) is 11.9. The van der Waals surface area contributed by atoms with Crippen LogP contribution in [0, 0.1) is 0 Å². The molecule has 0 aliphatic rings. The molecular formula is C17H18O10S2. The Labute approximate surface area is 167 Å². The summed E-state index contributed by atoms with van der Waals surface area (Å²) >= 11 is 0. The predicted octanol–water partition coefficient (Wildman–Crippen LogP) is 1.46. The third-order valence-corrected chi connectivity index (χ3v) is 5.55. The molecule has 12 heteroatoms. The van der Waals surface area contributed by atoms with Crippen LogP contribution in [0.2, 0.25) is 0 Å². The first kappa shape index (κ1) is 22.8. The number of esters is 1. The highest BCUT2D eigenvalue weighted by Gasteiger charge is 2.31. The van der Waals surface area contributed by atoms with E-state index in [1.165, 1.54) is 24.3 Å². The van der Waals surface area contributed by atoms with Crippen LogP contribution < -0.4 is 4.74 Å². The van der Waals surface area contributed by atoms with Gasteiger partial charge in [0, 0.05) is 11.5 Å². The highest BCUT2D eigenvalue weighted by Crippen LogP contribution is 2.37. The van der Waals surface area contributed by atoms with E-state index in [9.17, 15) is 30.7 Å². The van der Waals surface area contributed by atoms with Gasteiger partial charge in [0.2, 0.25) is 0 Å². The lowest BCUT2D eigenvalue weighted by molar-refractivity contribution is -0.139. The number of fused-ring (bicyclic) bond motifs is 1.